The molecular formula is C14H19BrN2O. The fourth-order valence-electron chi connectivity index (χ4n) is 2.17. The highest BCUT2D eigenvalue weighted by atomic mass is 79.9. The number of halogens is 1. The molecule has 1 fully saturated rings. The number of hydrogen-bond donors (Lipinski definition) is 0. The van der Waals surface area contributed by atoms with Crippen LogP contribution in [0.5, 0.6) is 0 Å². The van der Waals surface area contributed by atoms with Gasteiger partial charge in [-0.15, -0.1) is 0 Å². The van der Waals surface area contributed by atoms with Crippen LogP contribution in [-0.2, 0) is 5.33 Å². The number of hydrogen-bond acceptors (Lipinski definition) is 2. The topological polar surface area (TPSA) is 23.6 Å². The zero-order chi connectivity index (χ0) is 13.0. The Morgan fingerprint density at radius 2 is 1.89 bits per heavy atom. The molecule has 0 unspecified atom stereocenters. The Bertz CT molecular complexity index is 405. The smallest absolute Gasteiger partial charge is 0.253 e. The van der Waals surface area contributed by atoms with Gasteiger partial charge < -0.3 is 9.80 Å². The van der Waals surface area contributed by atoms with E-state index >= 15 is 0 Å². The van der Waals surface area contributed by atoms with Gasteiger partial charge in [-0.25, -0.2) is 0 Å². The lowest BCUT2D eigenvalue weighted by Crippen LogP contribution is -2.34. The van der Waals surface area contributed by atoms with E-state index in [0.717, 1.165) is 43.5 Å². The number of rotatable bonds is 2. The SMILES string of the molecule is CN1CCCN(C(=O)c2ccc(CBr)cc2)CC1. The molecular weight excluding hydrogens is 292 g/mol. The number of carbonyl (C=O) groups excluding carboxylic acids is 1. The Balaban J connectivity index is 2.05. The second-order valence-electron chi connectivity index (χ2n) is 4.78. The van der Waals surface area contributed by atoms with Crippen LogP contribution >= 0.6 is 15.9 Å². The molecule has 0 aromatic heterocycles. The molecule has 0 bridgehead atoms. The predicted molar refractivity (Wildman–Crippen MR) is 77.1 cm³/mol. The number of alkyl halides is 1. The molecule has 1 heterocycles. The molecule has 0 saturated carbocycles. The van der Waals surface area contributed by atoms with E-state index in [9.17, 15) is 4.79 Å². The van der Waals surface area contributed by atoms with Gasteiger partial charge in [0.05, 0.1) is 0 Å². The van der Waals surface area contributed by atoms with Crippen LogP contribution < -0.4 is 0 Å². The molecule has 1 aromatic rings. The quantitative estimate of drug-likeness (QED) is 0.783. The maximum atomic E-state index is 12.4. The summed E-state index contributed by atoms with van der Waals surface area (Å²) in [6, 6.07) is 7.86. The van der Waals surface area contributed by atoms with E-state index in [4.69, 9.17) is 0 Å². The summed E-state index contributed by atoms with van der Waals surface area (Å²) >= 11 is 3.41. The van der Waals surface area contributed by atoms with Crippen LogP contribution in [0.15, 0.2) is 24.3 Å². The molecule has 1 amide bonds. The van der Waals surface area contributed by atoms with Crippen molar-refractivity contribution in [3.8, 4) is 0 Å². The first kappa shape index (κ1) is 13.6. The van der Waals surface area contributed by atoms with Gasteiger partial charge in [-0.3, -0.25) is 4.79 Å². The molecule has 1 aliphatic heterocycles. The molecule has 0 atom stereocenters. The molecule has 0 N–H and O–H groups in total. The normalized spacial score (nSPS) is 17.6. The van der Waals surface area contributed by atoms with E-state index < -0.39 is 0 Å². The summed E-state index contributed by atoms with van der Waals surface area (Å²) in [6.45, 7) is 3.73. The van der Waals surface area contributed by atoms with Crippen molar-refractivity contribution < 1.29 is 4.79 Å². The van der Waals surface area contributed by atoms with Crippen molar-refractivity contribution in [3.05, 3.63) is 35.4 Å². The van der Waals surface area contributed by atoms with Gasteiger partial charge in [0.1, 0.15) is 0 Å². The highest BCUT2D eigenvalue weighted by Crippen LogP contribution is 2.11. The van der Waals surface area contributed by atoms with Gasteiger partial charge in [-0.2, -0.15) is 0 Å². The van der Waals surface area contributed by atoms with E-state index in [2.05, 4.69) is 27.9 Å². The fourth-order valence-corrected chi connectivity index (χ4v) is 2.54. The Morgan fingerprint density at radius 3 is 2.56 bits per heavy atom. The van der Waals surface area contributed by atoms with Crippen molar-refractivity contribution in [2.24, 2.45) is 0 Å². The average Bonchev–Trinajstić information content (AvgIpc) is 2.63. The Hall–Kier alpha value is -0.870. The monoisotopic (exact) mass is 310 g/mol. The highest BCUT2D eigenvalue weighted by Gasteiger charge is 2.18. The zero-order valence-electron chi connectivity index (χ0n) is 10.7. The van der Waals surface area contributed by atoms with Crippen LogP contribution in [0.25, 0.3) is 0 Å². The van der Waals surface area contributed by atoms with Crippen molar-refractivity contribution in [1.29, 1.82) is 0 Å². The van der Waals surface area contributed by atoms with Gasteiger partial charge in [-0.05, 0) is 37.7 Å². The van der Waals surface area contributed by atoms with Crippen LogP contribution in [0.4, 0.5) is 0 Å². The van der Waals surface area contributed by atoms with Crippen molar-refractivity contribution >= 4 is 21.8 Å². The lowest BCUT2D eigenvalue weighted by Gasteiger charge is -2.20. The molecule has 3 nitrogen and oxygen atoms in total. The number of nitrogens with zero attached hydrogens (tertiary/aromatic N) is 2. The third-order valence-electron chi connectivity index (χ3n) is 3.36. The minimum absolute atomic E-state index is 0.159. The van der Waals surface area contributed by atoms with Crippen LogP contribution in [0, 0.1) is 0 Å². The van der Waals surface area contributed by atoms with E-state index in [0.29, 0.717) is 0 Å². The first-order chi connectivity index (χ1) is 8.70. The number of amides is 1. The molecule has 0 radical (unpaired) electrons. The molecule has 1 aliphatic rings. The molecule has 4 heteroatoms. The van der Waals surface area contributed by atoms with Crippen molar-refractivity contribution in [1.82, 2.24) is 9.80 Å². The van der Waals surface area contributed by atoms with Crippen molar-refractivity contribution in [2.45, 2.75) is 11.8 Å². The minimum atomic E-state index is 0.159. The van der Waals surface area contributed by atoms with Gasteiger partial charge in [0.15, 0.2) is 0 Å². The predicted octanol–water partition coefficient (Wildman–Crippen LogP) is 2.36. The first-order valence-electron chi connectivity index (χ1n) is 6.33. The molecule has 98 valence electrons. The maximum absolute atomic E-state index is 12.4. The largest absolute Gasteiger partial charge is 0.337 e. The van der Waals surface area contributed by atoms with Gasteiger partial charge in [0.25, 0.3) is 5.91 Å². The minimum Gasteiger partial charge on any atom is -0.337 e. The average molecular weight is 311 g/mol. The van der Waals surface area contributed by atoms with E-state index in [-0.39, 0.29) is 5.91 Å². The summed E-state index contributed by atoms with van der Waals surface area (Å²) in [5.41, 5.74) is 1.99. The molecule has 0 aliphatic carbocycles. The van der Waals surface area contributed by atoms with Gasteiger partial charge >= 0.3 is 0 Å². The van der Waals surface area contributed by atoms with E-state index in [1.165, 1.54) is 5.56 Å². The third kappa shape index (κ3) is 3.33. The van der Waals surface area contributed by atoms with E-state index in [1.54, 1.807) is 0 Å². The van der Waals surface area contributed by atoms with Gasteiger partial charge in [0.2, 0.25) is 0 Å². The summed E-state index contributed by atoms with van der Waals surface area (Å²) in [5.74, 6) is 0.159. The van der Waals surface area contributed by atoms with Crippen molar-refractivity contribution in [2.75, 3.05) is 33.2 Å². The second kappa shape index (κ2) is 6.34. The number of carbonyl (C=O) groups is 1. The summed E-state index contributed by atoms with van der Waals surface area (Å²) in [5, 5.41) is 0.829. The van der Waals surface area contributed by atoms with Crippen LogP contribution in [-0.4, -0.2) is 48.9 Å². The second-order valence-corrected chi connectivity index (χ2v) is 5.34. The first-order valence-corrected chi connectivity index (χ1v) is 7.45. The lowest BCUT2D eigenvalue weighted by atomic mass is 10.1. The molecule has 1 aromatic carbocycles. The fraction of sp³-hybridized carbons (Fsp3) is 0.500. The summed E-state index contributed by atoms with van der Waals surface area (Å²) in [7, 11) is 2.11. The highest BCUT2D eigenvalue weighted by molar-refractivity contribution is 9.08. The standard InChI is InChI=1S/C14H19BrN2O/c1-16-7-2-8-17(10-9-16)14(18)13-5-3-12(11-15)4-6-13/h3-6H,2,7-11H2,1H3. The number of benzene rings is 1. The lowest BCUT2D eigenvalue weighted by molar-refractivity contribution is 0.0763. The Labute approximate surface area is 117 Å². The van der Waals surface area contributed by atoms with Crippen LogP contribution in [0.1, 0.15) is 22.3 Å². The summed E-state index contributed by atoms with van der Waals surface area (Å²) < 4.78 is 0. The summed E-state index contributed by atoms with van der Waals surface area (Å²) in [6.07, 6.45) is 1.06. The van der Waals surface area contributed by atoms with Gasteiger partial charge in [0, 0.05) is 30.5 Å². The Morgan fingerprint density at radius 1 is 1.17 bits per heavy atom. The third-order valence-corrected chi connectivity index (χ3v) is 4.01. The van der Waals surface area contributed by atoms with Crippen molar-refractivity contribution in [3.63, 3.8) is 0 Å². The molecule has 18 heavy (non-hydrogen) atoms. The summed E-state index contributed by atoms with van der Waals surface area (Å²) in [4.78, 5) is 16.6. The molecule has 0 spiro atoms. The molecule has 1 saturated heterocycles. The number of likely N-dealkylation sites (N-methyl/N-ethyl adjacent to an activating group) is 1. The zero-order valence-corrected chi connectivity index (χ0v) is 12.3. The van der Waals surface area contributed by atoms with Gasteiger partial charge in [-0.1, -0.05) is 28.1 Å². The van der Waals surface area contributed by atoms with Crippen LogP contribution in [0.2, 0.25) is 0 Å². The molecule has 2 rings (SSSR count). The maximum Gasteiger partial charge on any atom is 0.253 e. The Kier molecular flexibility index (Phi) is 4.78. The van der Waals surface area contributed by atoms with Crippen LogP contribution in [0.3, 0.4) is 0 Å². The van der Waals surface area contributed by atoms with E-state index in [1.807, 2.05) is 29.2 Å².